The Morgan fingerprint density at radius 3 is 2.92 bits per heavy atom. The van der Waals surface area contributed by atoms with Gasteiger partial charge in [0, 0.05) is 38.5 Å². The highest BCUT2D eigenvalue weighted by molar-refractivity contribution is 5.77. The van der Waals surface area contributed by atoms with E-state index in [-0.39, 0.29) is 0 Å². The SMILES string of the molecule is Cc1ccc(C2NNCC2CNCCCN2CCCC2=O)cc1C. The molecule has 1 aromatic carbocycles. The van der Waals surface area contributed by atoms with Crippen LogP contribution in [0.2, 0.25) is 0 Å². The van der Waals surface area contributed by atoms with Crippen LogP contribution >= 0.6 is 0 Å². The van der Waals surface area contributed by atoms with Crippen LogP contribution in [0.3, 0.4) is 0 Å². The summed E-state index contributed by atoms with van der Waals surface area (Å²) in [5.74, 6) is 0.870. The Morgan fingerprint density at radius 1 is 1.29 bits per heavy atom. The van der Waals surface area contributed by atoms with Crippen molar-refractivity contribution in [2.75, 3.05) is 32.7 Å². The molecule has 2 fully saturated rings. The van der Waals surface area contributed by atoms with E-state index < -0.39 is 0 Å². The molecule has 5 nitrogen and oxygen atoms in total. The summed E-state index contributed by atoms with van der Waals surface area (Å²) in [6, 6.07) is 7.10. The van der Waals surface area contributed by atoms with Crippen molar-refractivity contribution in [3.05, 3.63) is 34.9 Å². The minimum absolute atomic E-state index is 0.328. The molecule has 24 heavy (non-hydrogen) atoms. The maximum atomic E-state index is 11.6. The van der Waals surface area contributed by atoms with E-state index in [2.05, 4.69) is 48.2 Å². The number of aryl methyl sites for hydroxylation is 2. The van der Waals surface area contributed by atoms with Gasteiger partial charge in [0.05, 0.1) is 6.04 Å². The number of benzene rings is 1. The average molecular weight is 330 g/mol. The second-order valence-corrected chi connectivity index (χ2v) is 7.15. The molecule has 0 aliphatic carbocycles. The number of hydrogen-bond donors (Lipinski definition) is 3. The molecule has 2 aliphatic heterocycles. The van der Waals surface area contributed by atoms with E-state index in [1.807, 2.05) is 4.90 Å². The van der Waals surface area contributed by atoms with Crippen molar-refractivity contribution in [1.82, 2.24) is 21.1 Å². The molecule has 3 N–H and O–H groups in total. The van der Waals surface area contributed by atoms with Gasteiger partial charge in [-0.15, -0.1) is 0 Å². The van der Waals surface area contributed by atoms with Crippen molar-refractivity contribution < 1.29 is 4.79 Å². The van der Waals surface area contributed by atoms with Crippen molar-refractivity contribution in [3.63, 3.8) is 0 Å². The summed E-state index contributed by atoms with van der Waals surface area (Å²) < 4.78 is 0. The number of nitrogens with one attached hydrogen (secondary N) is 3. The van der Waals surface area contributed by atoms with Gasteiger partial charge in [0.15, 0.2) is 0 Å². The lowest BCUT2D eigenvalue weighted by atomic mass is 9.92. The first-order valence-corrected chi connectivity index (χ1v) is 9.19. The number of amides is 1. The maximum Gasteiger partial charge on any atom is 0.222 e. The van der Waals surface area contributed by atoms with Crippen LogP contribution in [0.4, 0.5) is 0 Å². The molecule has 2 atom stereocenters. The molecular weight excluding hydrogens is 300 g/mol. The monoisotopic (exact) mass is 330 g/mol. The van der Waals surface area contributed by atoms with Crippen molar-refractivity contribution >= 4 is 5.91 Å². The zero-order chi connectivity index (χ0) is 16.9. The summed E-state index contributed by atoms with van der Waals surface area (Å²) in [6.45, 7) is 9.12. The standard InChI is InChI=1S/C19H30N4O/c1-14-6-7-16(11-15(14)2)19-17(13-21-22-19)12-20-8-4-10-23-9-3-5-18(23)24/h6-7,11,17,19-22H,3-5,8-10,12-13H2,1-2H3. The van der Waals surface area contributed by atoms with Gasteiger partial charge in [-0.05, 0) is 49.9 Å². The summed E-state index contributed by atoms with van der Waals surface area (Å²) in [5, 5.41) is 3.57. The fourth-order valence-corrected chi connectivity index (χ4v) is 3.66. The Kier molecular flexibility index (Phi) is 5.87. The van der Waals surface area contributed by atoms with Gasteiger partial charge in [-0.1, -0.05) is 18.2 Å². The van der Waals surface area contributed by atoms with Crippen molar-refractivity contribution in [2.24, 2.45) is 5.92 Å². The molecule has 0 spiro atoms. The molecule has 1 aromatic rings. The third-order valence-electron chi connectivity index (χ3n) is 5.34. The second-order valence-electron chi connectivity index (χ2n) is 7.15. The topological polar surface area (TPSA) is 56.4 Å². The summed E-state index contributed by atoms with van der Waals surface area (Å²) in [4.78, 5) is 13.6. The smallest absolute Gasteiger partial charge is 0.222 e. The zero-order valence-corrected chi connectivity index (χ0v) is 14.9. The van der Waals surface area contributed by atoms with Crippen molar-refractivity contribution in [1.29, 1.82) is 0 Å². The molecule has 0 saturated carbocycles. The number of nitrogens with zero attached hydrogens (tertiary/aromatic N) is 1. The number of carbonyl (C=O) groups excluding carboxylic acids is 1. The molecule has 0 aromatic heterocycles. The minimum Gasteiger partial charge on any atom is -0.343 e. The van der Waals surface area contributed by atoms with E-state index in [4.69, 9.17) is 0 Å². The van der Waals surface area contributed by atoms with Crippen LogP contribution in [0.1, 0.15) is 42.0 Å². The molecular formula is C19H30N4O. The molecule has 2 aliphatic rings. The first-order chi connectivity index (χ1) is 11.6. The van der Waals surface area contributed by atoms with E-state index >= 15 is 0 Å². The van der Waals surface area contributed by atoms with E-state index in [1.165, 1.54) is 16.7 Å². The normalized spacial score (nSPS) is 24.1. The maximum absolute atomic E-state index is 11.6. The summed E-state index contributed by atoms with van der Waals surface area (Å²) >= 11 is 0. The molecule has 0 radical (unpaired) electrons. The Labute approximate surface area is 145 Å². The Morgan fingerprint density at radius 2 is 2.17 bits per heavy atom. The third kappa shape index (κ3) is 4.15. The molecule has 1 amide bonds. The van der Waals surface area contributed by atoms with Gasteiger partial charge in [0.2, 0.25) is 5.91 Å². The van der Waals surface area contributed by atoms with Gasteiger partial charge >= 0.3 is 0 Å². The van der Waals surface area contributed by atoms with E-state index in [1.54, 1.807) is 0 Å². The van der Waals surface area contributed by atoms with Gasteiger partial charge in [-0.2, -0.15) is 0 Å². The molecule has 5 heteroatoms. The van der Waals surface area contributed by atoms with Crippen LogP contribution in [0.5, 0.6) is 0 Å². The van der Waals surface area contributed by atoms with Crippen LogP contribution in [0.15, 0.2) is 18.2 Å². The van der Waals surface area contributed by atoms with E-state index in [0.29, 0.717) is 17.9 Å². The van der Waals surface area contributed by atoms with Crippen LogP contribution in [0, 0.1) is 19.8 Å². The lowest BCUT2D eigenvalue weighted by Crippen LogP contribution is -2.32. The number of hydrazine groups is 1. The number of likely N-dealkylation sites (tertiary alicyclic amines) is 1. The van der Waals surface area contributed by atoms with Gasteiger partial charge in [0.1, 0.15) is 0 Å². The number of hydrogen-bond acceptors (Lipinski definition) is 4. The quantitative estimate of drug-likeness (QED) is 0.666. The molecule has 2 saturated heterocycles. The molecule has 2 unspecified atom stereocenters. The fraction of sp³-hybridized carbons (Fsp3) is 0.632. The summed E-state index contributed by atoms with van der Waals surface area (Å²) in [5.41, 5.74) is 10.8. The third-order valence-corrected chi connectivity index (χ3v) is 5.34. The average Bonchev–Trinajstić information content (AvgIpc) is 3.19. The minimum atomic E-state index is 0.328. The lowest BCUT2D eigenvalue weighted by molar-refractivity contribution is -0.127. The van der Waals surface area contributed by atoms with Crippen LogP contribution in [-0.4, -0.2) is 43.5 Å². The first-order valence-electron chi connectivity index (χ1n) is 9.19. The van der Waals surface area contributed by atoms with Crippen LogP contribution < -0.4 is 16.2 Å². The van der Waals surface area contributed by atoms with E-state index in [9.17, 15) is 4.79 Å². The first kappa shape index (κ1) is 17.4. The fourth-order valence-electron chi connectivity index (χ4n) is 3.66. The van der Waals surface area contributed by atoms with Crippen LogP contribution in [-0.2, 0) is 4.79 Å². The summed E-state index contributed by atoms with van der Waals surface area (Å²) in [6.07, 6.45) is 2.81. The largest absolute Gasteiger partial charge is 0.343 e. The molecule has 3 rings (SSSR count). The van der Waals surface area contributed by atoms with Gasteiger partial charge in [-0.25, -0.2) is 5.43 Å². The van der Waals surface area contributed by atoms with Gasteiger partial charge in [0.25, 0.3) is 0 Å². The molecule has 132 valence electrons. The highest BCUT2D eigenvalue weighted by Gasteiger charge is 2.28. The Bertz CT molecular complexity index is 574. The zero-order valence-electron chi connectivity index (χ0n) is 14.9. The Hall–Kier alpha value is -1.43. The van der Waals surface area contributed by atoms with Crippen molar-refractivity contribution in [2.45, 2.75) is 39.2 Å². The van der Waals surface area contributed by atoms with Gasteiger partial charge in [-0.3, -0.25) is 10.2 Å². The van der Waals surface area contributed by atoms with Gasteiger partial charge < -0.3 is 10.2 Å². The Balaban J connectivity index is 1.42. The highest BCUT2D eigenvalue weighted by atomic mass is 16.2. The van der Waals surface area contributed by atoms with Crippen LogP contribution in [0.25, 0.3) is 0 Å². The van der Waals surface area contributed by atoms with Crippen molar-refractivity contribution in [3.8, 4) is 0 Å². The van der Waals surface area contributed by atoms with E-state index in [0.717, 1.165) is 52.0 Å². The molecule has 2 heterocycles. The number of rotatable bonds is 7. The number of carbonyl (C=O) groups is 1. The lowest BCUT2D eigenvalue weighted by Gasteiger charge is -2.21. The predicted octanol–water partition coefficient (Wildman–Crippen LogP) is 1.67. The predicted molar refractivity (Wildman–Crippen MR) is 96.6 cm³/mol. The molecule has 0 bridgehead atoms. The second kappa shape index (κ2) is 8.10. The highest BCUT2D eigenvalue weighted by Crippen LogP contribution is 2.26. The summed E-state index contributed by atoms with van der Waals surface area (Å²) in [7, 11) is 0.